The van der Waals surface area contributed by atoms with E-state index in [0.29, 0.717) is 11.6 Å². The maximum Gasteiger partial charge on any atom is 0.292 e. The highest BCUT2D eigenvalue weighted by Gasteiger charge is 2.29. The number of rotatable bonds is 2. The largest absolute Gasteiger partial charge is 0.424 e. The second-order valence-corrected chi connectivity index (χ2v) is 6.72. The van der Waals surface area contributed by atoms with Crippen LogP contribution in [-0.2, 0) is 12.8 Å². The number of hydrogen-bond acceptors (Lipinski definition) is 6. The fourth-order valence-corrected chi connectivity index (χ4v) is 3.69. The average molecular weight is 321 g/mol. The summed E-state index contributed by atoms with van der Waals surface area (Å²) in [4.78, 5) is 16.3. The fourth-order valence-electron chi connectivity index (χ4n) is 3.69. The molecule has 1 aliphatic heterocycles. The van der Waals surface area contributed by atoms with E-state index < -0.39 is 0 Å². The summed E-state index contributed by atoms with van der Waals surface area (Å²) in [7, 11) is 0. The first kappa shape index (κ1) is 13.8. The van der Waals surface area contributed by atoms with Crippen molar-refractivity contribution < 1.29 is 4.42 Å². The Bertz CT molecular complexity index is 948. The maximum absolute atomic E-state index is 5.66. The Hall–Kier alpha value is -2.63. The van der Waals surface area contributed by atoms with Gasteiger partial charge in [-0.1, -0.05) is 0 Å². The predicted octanol–water partition coefficient (Wildman–Crippen LogP) is 2.95. The number of fused-ring (bicyclic) bond motifs is 2. The quantitative estimate of drug-likeness (QED) is 0.781. The number of nitrogen functional groups attached to an aromatic ring is 1. The van der Waals surface area contributed by atoms with Crippen LogP contribution in [0.1, 0.15) is 31.0 Å². The van der Waals surface area contributed by atoms with Crippen LogP contribution in [0.3, 0.4) is 0 Å². The van der Waals surface area contributed by atoms with E-state index in [1.165, 1.54) is 17.7 Å². The molecule has 1 aliphatic carbocycles. The van der Waals surface area contributed by atoms with E-state index in [1.54, 1.807) is 0 Å². The van der Waals surface area contributed by atoms with Crippen molar-refractivity contribution in [3.63, 3.8) is 0 Å². The number of nitrogens with two attached hydrogens (primary N) is 1. The van der Waals surface area contributed by atoms with Crippen molar-refractivity contribution in [1.82, 2.24) is 15.0 Å². The molecule has 1 aromatic carbocycles. The highest BCUT2D eigenvalue weighted by molar-refractivity contribution is 5.81. The van der Waals surface area contributed by atoms with Gasteiger partial charge in [-0.25, -0.2) is 9.97 Å². The van der Waals surface area contributed by atoms with Crippen molar-refractivity contribution in [2.75, 3.05) is 17.2 Å². The van der Waals surface area contributed by atoms with Crippen molar-refractivity contribution in [3.05, 3.63) is 29.5 Å². The lowest BCUT2D eigenvalue weighted by molar-refractivity contribution is 0.470. The Balaban J connectivity index is 1.67. The zero-order chi connectivity index (χ0) is 16.3. The molecule has 6 heteroatoms. The van der Waals surface area contributed by atoms with Crippen LogP contribution in [0.5, 0.6) is 0 Å². The van der Waals surface area contributed by atoms with Gasteiger partial charge >= 0.3 is 0 Å². The molecule has 0 amide bonds. The third-order valence-corrected chi connectivity index (χ3v) is 5.18. The van der Waals surface area contributed by atoms with E-state index in [0.717, 1.165) is 48.5 Å². The van der Waals surface area contributed by atoms with Gasteiger partial charge in [0.15, 0.2) is 5.58 Å². The summed E-state index contributed by atoms with van der Waals surface area (Å²) in [5.74, 6) is 0.865. The minimum atomic E-state index is 0.199. The molecular formula is C18H19N5O. The lowest BCUT2D eigenvalue weighted by Gasteiger charge is -2.39. The maximum atomic E-state index is 5.66. The standard InChI is InChI=1S/C18H19N5O/c1-10-7-8-23(10)18-21-13-4-2-3-12(13)16(22-18)11-5-6-15-14(9-11)20-17(19)24-15/h5-6,9-10H,2-4,7-8H2,1H3,(H2,19,20)/t10-/m0/s1. The molecule has 0 saturated carbocycles. The zero-order valence-corrected chi connectivity index (χ0v) is 13.6. The molecule has 2 aliphatic rings. The van der Waals surface area contributed by atoms with Gasteiger partial charge in [0.2, 0.25) is 5.95 Å². The Morgan fingerprint density at radius 2 is 2.12 bits per heavy atom. The summed E-state index contributed by atoms with van der Waals surface area (Å²) in [6.07, 6.45) is 4.44. The molecule has 2 N–H and O–H groups in total. The summed E-state index contributed by atoms with van der Waals surface area (Å²) in [5, 5.41) is 0. The molecule has 0 unspecified atom stereocenters. The molecular weight excluding hydrogens is 302 g/mol. The lowest BCUT2D eigenvalue weighted by Crippen LogP contribution is -2.46. The van der Waals surface area contributed by atoms with Gasteiger partial charge < -0.3 is 15.1 Å². The van der Waals surface area contributed by atoms with E-state index >= 15 is 0 Å². The second-order valence-electron chi connectivity index (χ2n) is 6.72. The molecule has 1 atom stereocenters. The number of oxazole rings is 1. The topological polar surface area (TPSA) is 81.1 Å². The number of hydrogen-bond donors (Lipinski definition) is 1. The summed E-state index contributed by atoms with van der Waals surface area (Å²) in [6, 6.07) is 6.69. The van der Waals surface area contributed by atoms with Crippen molar-refractivity contribution in [2.24, 2.45) is 0 Å². The van der Waals surface area contributed by atoms with Gasteiger partial charge in [-0.3, -0.25) is 0 Å². The Labute approximate surface area is 139 Å². The first-order valence-electron chi connectivity index (χ1n) is 8.52. The number of aromatic nitrogens is 3. The third-order valence-electron chi connectivity index (χ3n) is 5.18. The molecule has 5 rings (SSSR count). The molecule has 1 fully saturated rings. The second kappa shape index (κ2) is 4.93. The van der Waals surface area contributed by atoms with Crippen LogP contribution in [0.4, 0.5) is 12.0 Å². The highest BCUT2D eigenvalue weighted by atomic mass is 16.4. The first-order chi connectivity index (χ1) is 11.7. The molecule has 3 aromatic rings. The molecule has 0 bridgehead atoms. The van der Waals surface area contributed by atoms with Gasteiger partial charge in [-0.05, 0) is 50.8 Å². The zero-order valence-electron chi connectivity index (χ0n) is 13.6. The van der Waals surface area contributed by atoms with Crippen LogP contribution in [0.2, 0.25) is 0 Å². The van der Waals surface area contributed by atoms with Crippen LogP contribution in [0, 0.1) is 0 Å². The van der Waals surface area contributed by atoms with Gasteiger partial charge in [-0.2, -0.15) is 4.98 Å². The van der Waals surface area contributed by atoms with Crippen LogP contribution in [0.25, 0.3) is 22.4 Å². The van der Waals surface area contributed by atoms with Crippen LogP contribution in [-0.4, -0.2) is 27.5 Å². The van der Waals surface area contributed by atoms with E-state index in [1.807, 2.05) is 18.2 Å². The first-order valence-corrected chi connectivity index (χ1v) is 8.52. The molecule has 24 heavy (non-hydrogen) atoms. The van der Waals surface area contributed by atoms with Crippen molar-refractivity contribution >= 4 is 23.1 Å². The molecule has 0 spiro atoms. The van der Waals surface area contributed by atoms with Gasteiger partial charge in [0.05, 0.1) is 5.69 Å². The molecule has 1 saturated heterocycles. The average Bonchev–Trinajstić information content (AvgIpc) is 3.16. The summed E-state index contributed by atoms with van der Waals surface area (Å²) < 4.78 is 5.38. The molecule has 2 aromatic heterocycles. The number of benzene rings is 1. The van der Waals surface area contributed by atoms with E-state index in [-0.39, 0.29) is 6.01 Å². The molecule has 3 heterocycles. The Morgan fingerprint density at radius 1 is 1.21 bits per heavy atom. The van der Waals surface area contributed by atoms with Crippen LogP contribution in [0.15, 0.2) is 22.6 Å². The predicted molar refractivity (Wildman–Crippen MR) is 92.9 cm³/mol. The molecule has 122 valence electrons. The fraction of sp³-hybridized carbons (Fsp3) is 0.389. The van der Waals surface area contributed by atoms with E-state index in [4.69, 9.17) is 20.1 Å². The van der Waals surface area contributed by atoms with Gasteiger partial charge in [0.25, 0.3) is 6.01 Å². The Kier molecular flexibility index (Phi) is 2.83. The normalized spacial score (nSPS) is 19.5. The lowest BCUT2D eigenvalue weighted by atomic mass is 10.0. The van der Waals surface area contributed by atoms with Crippen LogP contribution >= 0.6 is 0 Å². The minimum Gasteiger partial charge on any atom is -0.424 e. The number of aryl methyl sites for hydroxylation is 1. The highest BCUT2D eigenvalue weighted by Crippen LogP contribution is 2.35. The van der Waals surface area contributed by atoms with Crippen molar-refractivity contribution in [2.45, 2.75) is 38.6 Å². The Morgan fingerprint density at radius 3 is 2.92 bits per heavy atom. The summed E-state index contributed by atoms with van der Waals surface area (Å²) in [6.45, 7) is 3.27. The van der Waals surface area contributed by atoms with Crippen LogP contribution < -0.4 is 10.6 Å². The van der Waals surface area contributed by atoms with Gasteiger partial charge in [0.1, 0.15) is 5.52 Å². The molecule has 0 radical (unpaired) electrons. The number of nitrogens with zero attached hydrogens (tertiary/aromatic N) is 4. The minimum absolute atomic E-state index is 0.199. The monoisotopic (exact) mass is 321 g/mol. The van der Waals surface area contributed by atoms with Gasteiger partial charge in [-0.15, -0.1) is 0 Å². The van der Waals surface area contributed by atoms with Crippen molar-refractivity contribution in [3.8, 4) is 11.3 Å². The van der Waals surface area contributed by atoms with E-state index in [9.17, 15) is 0 Å². The van der Waals surface area contributed by atoms with Crippen molar-refractivity contribution in [1.29, 1.82) is 0 Å². The SMILES string of the molecule is C[C@H]1CCN1c1nc2c(c(-c3ccc4oc(N)nc4c3)n1)CCC2. The number of anilines is 2. The van der Waals surface area contributed by atoms with E-state index in [2.05, 4.69) is 16.8 Å². The smallest absolute Gasteiger partial charge is 0.292 e. The summed E-state index contributed by atoms with van der Waals surface area (Å²) in [5.41, 5.74) is 11.7. The summed E-state index contributed by atoms with van der Waals surface area (Å²) >= 11 is 0. The third kappa shape index (κ3) is 1.99. The van der Waals surface area contributed by atoms with Gasteiger partial charge in [0, 0.05) is 29.4 Å². The molecule has 6 nitrogen and oxygen atoms in total.